The number of nitrogens with one attached hydrogen (secondary N) is 1. The molecule has 22 heavy (non-hydrogen) atoms. The van der Waals surface area contributed by atoms with Crippen LogP contribution in [0.25, 0.3) is 0 Å². The molecule has 0 radical (unpaired) electrons. The molecular weight excluding hydrogens is 321 g/mol. The lowest BCUT2D eigenvalue weighted by molar-refractivity contribution is -0.274. The first-order chi connectivity index (χ1) is 9.75. The van der Waals surface area contributed by atoms with Crippen molar-refractivity contribution < 1.29 is 22.7 Å². The van der Waals surface area contributed by atoms with E-state index in [0.29, 0.717) is 12.8 Å². The van der Waals surface area contributed by atoms with Crippen LogP contribution in [0.1, 0.15) is 37.0 Å². The first-order valence-electron chi connectivity index (χ1n) is 6.63. The lowest BCUT2D eigenvalue weighted by Crippen LogP contribution is -2.52. The van der Waals surface area contributed by atoms with Gasteiger partial charge in [-0.1, -0.05) is 19.9 Å². The molecule has 0 aliphatic heterocycles. The molecule has 0 fully saturated rings. The number of amides is 1. The van der Waals surface area contributed by atoms with Crippen molar-refractivity contribution in [2.24, 2.45) is 5.73 Å². The molecule has 0 spiro atoms. The first kappa shape index (κ1) is 20.5. The number of alkyl halides is 3. The number of carbonyl (C=O) groups is 1. The van der Waals surface area contributed by atoms with Crippen LogP contribution < -0.4 is 15.8 Å². The van der Waals surface area contributed by atoms with E-state index in [2.05, 4.69) is 10.1 Å². The number of ether oxygens (including phenoxy) is 1. The minimum atomic E-state index is -4.79. The standard InChI is InChI=1S/C14H19F3N2O2.ClH/c1-3-13(4-2,9-18)19-12(20)10-6-5-7-11(8-10)21-14(15,16)17;/h5-8H,3-4,9,18H2,1-2H3,(H,19,20);1H. The van der Waals surface area contributed by atoms with E-state index in [-0.39, 0.29) is 24.5 Å². The van der Waals surface area contributed by atoms with Crippen molar-refractivity contribution in [3.05, 3.63) is 29.8 Å². The summed E-state index contributed by atoms with van der Waals surface area (Å²) in [5, 5.41) is 2.79. The summed E-state index contributed by atoms with van der Waals surface area (Å²) >= 11 is 0. The number of rotatable bonds is 6. The molecule has 1 rings (SSSR count). The molecular formula is C14H20ClF3N2O2. The van der Waals surface area contributed by atoms with Gasteiger partial charge in [-0.15, -0.1) is 25.6 Å². The van der Waals surface area contributed by atoms with Gasteiger partial charge in [-0.3, -0.25) is 4.79 Å². The summed E-state index contributed by atoms with van der Waals surface area (Å²) in [6.07, 6.45) is -3.53. The highest BCUT2D eigenvalue weighted by atomic mass is 35.5. The lowest BCUT2D eigenvalue weighted by Gasteiger charge is -2.31. The fourth-order valence-corrected chi connectivity index (χ4v) is 1.91. The van der Waals surface area contributed by atoms with Crippen molar-refractivity contribution in [2.45, 2.75) is 38.6 Å². The third kappa shape index (κ3) is 5.73. The van der Waals surface area contributed by atoms with Crippen LogP contribution in [0.5, 0.6) is 5.75 Å². The number of hydrogen-bond acceptors (Lipinski definition) is 3. The average Bonchev–Trinajstić information content (AvgIpc) is 2.43. The maximum atomic E-state index is 12.2. The van der Waals surface area contributed by atoms with Crippen LogP contribution in [0.2, 0.25) is 0 Å². The molecule has 0 aliphatic carbocycles. The fourth-order valence-electron chi connectivity index (χ4n) is 1.91. The zero-order valence-corrected chi connectivity index (χ0v) is 13.2. The third-order valence-electron chi connectivity index (χ3n) is 3.45. The smallest absolute Gasteiger partial charge is 0.406 e. The summed E-state index contributed by atoms with van der Waals surface area (Å²) in [5.74, 6) is -0.904. The lowest BCUT2D eigenvalue weighted by atomic mass is 9.92. The van der Waals surface area contributed by atoms with Crippen molar-refractivity contribution in [1.29, 1.82) is 0 Å². The predicted molar refractivity (Wildman–Crippen MR) is 80.2 cm³/mol. The Bertz CT molecular complexity index is 483. The van der Waals surface area contributed by atoms with Gasteiger partial charge in [0, 0.05) is 12.1 Å². The Hall–Kier alpha value is -1.47. The van der Waals surface area contributed by atoms with E-state index in [1.54, 1.807) is 0 Å². The Labute approximate surface area is 133 Å². The van der Waals surface area contributed by atoms with Crippen LogP contribution in [0.3, 0.4) is 0 Å². The molecule has 0 heterocycles. The Kier molecular flexibility index (Phi) is 7.69. The Morgan fingerprint density at radius 3 is 2.32 bits per heavy atom. The molecule has 0 bridgehead atoms. The molecule has 126 valence electrons. The van der Waals surface area contributed by atoms with E-state index in [1.807, 2.05) is 13.8 Å². The number of hydrogen-bond donors (Lipinski definition) is 2. The van der Waals surface area contributed by atoms with E-state index in [1.165, 1.54) is 12.1 Å². The van der Waals surface area contributed by atoms with Gasteiger partial charge in [0.05, 0.1) is 5.54 Å². The molecule has 1 aromatic rings. The molecule has 1 aromatic carbocycles. The van der Waals surface area contributed by atoms with Gasteiger partial charge < -0.3 is 15.8 Å². The van der Waals surface area contributed by atoms with E-state index >= 15 is 0 Å². The van der Waals surface area contributed by atoms with E-state index in [4.69, 9.17) is 5.73 Å². The van der Waals surface area contributed by atoms with Gasteiger partial charge in [0.2, 0.25) is 0 Å². The SMILES string of the molecule is CCC(CC)(CN)NC(=O)c1cccc(OC(F)(F)F)c1.Cl. The minimum Gasteiger partial charge on any atom is -0.406 e. The quantitative estimate of drug-likeness (QED) is 0.835. The normalized spacial score (nSPS) is 11.5. The highest BCUT2D eigenvalue weighted by Gasteiger charge is 2.31. The number of nitrogens with two attached hydrogens (primary N) is 1. The summed E-state index contributed by atoms with van der Waals surface area (Å²) < 4.78 is 40.3. The maximum absolute atomic E-state index is 12.2. The van der Waals surface area contributed by atoms with Crippen molar-refractivity contribution >= 4 is 18.3 Å². The first-order valence-corrected chi connectivity index (χ1v) is 6.63. The molecule has 0 unspecified atom stereocenters. The van der Waals surface area contributed by atoms with Crippen molar-refractivity contribution in [3.8, 4) is 5.75 Å². The Morgan fingerprint density at radius 1 is 1.27 bits per heavy atom. The molecule has 0 atom stereocenters. The molecule has 1 amide bonds. The van der Waals surface area contributed by atoms with Gasteiger partial charge >= 0.3 is 6.36 Å². The maximum Gasteiger partial charge on any atom is 0.573 e. The fraction of sp³-hybridized carbons (Fsp3) is 0.500. The summed E-state index contributed by atoms with van der Waals surface area (Å²) in [7, 11) is 0. The van der Waals surface area contributed by atoms with Gasteiger partial charge in [-0.2, -0.15) is 0 Å². The van der Waals surface area contributed by atoms with Gasteiger partial charge in [0.15, 0.2) is 0 Å². The molecule has 3 N–H and O–H groups in total. The second-order valence-electron chi connectivity index (χ2n) is 4.72. The summed E-state index contributed by atoms with van der Waals surface area (Å²) in [5.41, 5.74) is 5.22. The zero-order valence-electron chi connectivity index (χ0n) is 12.4. The van der Waals surface area contributed by atoms with Crippen LogP contribution in [0.4, 0.5) is 13.2 Å². The molecule has 0 saturated carbocycles. The molecule has 0 aromatic heterocycles. The van der Waals surface area contributed by atoms with Gasteiger partial charge in [0.25, 0.3) is 5.91 Å². The number of benzene rings is 1. The number of halogens is 4. The van der Waals surface area contributed by atoms with E-state index in [0.717, 1.165) is 12.1 Å². The third-order valence-corrected chi connectivity index (χ3v) is 3.45. The average molecular weight is 341 g/mol. The Balaban J connectivity index is 0.00000441. The highest BCUT2D eigenvalue weighted by molar-refractivity contribution is 5.95. The summed E-state index contributed by atoms with van der Waals surface area (Å²) in [4.78, 5) is 12.2. The molecule has 4 nitrogen and oxygen atoms in total. The minimum absolute atomic E-state index is 0. The van der Waals surface area contributed by atoms with Gasteiger partial charge in [-0.05, 0) is 31.0 Å². The highest BCUT2D eigenvalue weighted by Crippen LogP contribution is 2.23. The topological polar surface area (TPSA) is 64.3 Å². The second-order valence-corrected chi connectivity index (χ2v) is 4.72. The second kappa shape index (κ2) is 8.24. The van der Waals surface area contributed by atoms with Crippen LogP contribution in [0.15, 0.2) is 24.3 Å². The van der Waals surface area contributed by atoms with Gasteiger partial charge in [-0.25, -0.2) is 0 Å². The summed E-state index contributed by atoms with van der Waals surface area (Å²) in [6.45, 7) is 4.03. The molecule has 0 aliphatic rings. The van der Waals surface area contributed by atoms with Crippen molar-refractivity contribution in [3.63, 3.8) is 0 Å². The zero-order chi connectivity index (χ0) is 16.1. The molecule has 0 saturated heterocycles. The van der Waals surface area contributed by atoms with E-state index in [9.17, 15) is 18.0 Å². The largest absolute Gasteiger partial charge is 0.573 e. The van der Waals surface area contributed by atoms with Crippen molar-refractivity contribution in [2.75, 3.05) is 6.54 Å². The van der Waals surface area contributed by atoms with Gasteiger partial charge in [0.1, 0.15) is 5.75 Å². The monoisotopic (exact) mass is 340 g/mol. The van der Waals surface area contributed by atoms with Crippen LogP contribution >= 0.6 is 12.4 Å². The Morgan fingerprint density at radius 2 is 1.86 bits per heavy atom. The summed E-state index contributed by atoms with van der Waals surface area (Å²) in [6, 6.07) is 4.94. The van der Waals surface area contributed by atoms with Crippen molar-refractivity contribution in [1.82, 2.24) is 5.32 Å². The number of carbonyl (C=O) groups excluding carboxylic acids is 1. The van der Waals surface area contributed by atoms with E-state index < -0.39 is 23.6 Å². The molecule has 8 heteroatoms. The predicted octanol–water partition coefficient (Wildman–Crippen LogP) is 3.25. The van der Waals surface area contributed by atoms with Crippen LogP contribution in [0, 0.1) is 0 Å². The van der Waals surface area contributed by atoms with Crippen LogP contribution in [-0.2, 0) is 0 Å². The van der Waals surface area contributed by atoms with Crippen LogP contribution in [-0.4, -0.2) is 24.4 Å².